The molecule has 0 aliphatic heterocycles. The molecule has 2 heteroatoms. The minimum Gasteiger partial charge on any atom is -0.332 e. The van der Waals surface area contributed by atoms with Crippen molar-refractivity contribution in [2.75, 3.05) is 0 Å². The molecule has 0 spiro atoms. The first-order valence-electron chi connectivity index (χ1n) is 7.00. The Hall–Kier alpha value is -2.09. The summed E-state index contributed by atoms with van der Waals surface area (Å²) >= 11 is 0. The van der Waals surface area contributed by atoms with Gasteiger partial charge in [0.2, 0.25) is 0 Å². The molecular formula is C18H21NO. The highest BCUT2D eigenvalue weighted by atomic mass is 16.2. The van der Waals surface area contributed by atoms with Crippen molar-refractivity contribution in [1.82, 2.24) is 4.90 Å². The molecule has 0 saturated carbocycles. The monoisotopic (exact) mass is 267 g/mol. The van der Waals surface area contributed by atoms with Crippen LogP contribution >= 0.6 is 0 Å². The van der Waals surface area contributed by atoms with E-state index in [0.717, 1.165) is 16.7 Å². The van der Waals surface area contributed by atoms with E-state index in [4.69, 9.17) is 0 Å². The number of hydrogen-bond donors (Lipinski definition) is 0. The third-order valence-electron chi connectivity index (χ3n) is 3.46. The predicted molar refractivity (Wildman–Crippen MR) is 82.6 cm³/mol. The van der Waals surface area contributed by atoms with Gasteiger partial charge in [-0.15, -0.1) is 0 Å². The summed E-state index contributed by atoms with van der Waals surface area (Å²) in [5.74, 6) is 0.0990. The summed E-state index contributed by atoms with van der Waals surface area (Å²) in [5, 5.41) is 0. The maximum Gasteiger partial charge on any atom is 0.254 e. The fraction of sp³-hybridized carbons (Fsp3) is 0.278. The molecule has 0 aliphatic carbocycles. The molecule has 2 aromatic rings. The fourth-order valence-electron chi connectivity index (χ4n) is 2.24. The summed E-state index contributed by atoms with van der Waals surface area (Å²) in [6, 6.07) is 18.0. The number of rotatable bonds is 4. The Kier molecular flexibility index (Phi) is 4.57. The maximum atomic E-state index is 12.7. The van der Waals surface area contributed by atoms with Crippen molar-refractivity contribution in [2.45, 2.75) is 33.4 Å². The van der Waals surface area contributed by atoms with Crippen LogP contribution in [0.15, 0.2) is 54.6 Å². The van der Waals surface area contributed by atoms with Gasteiger partial charge in [0.05, 0.1) is 0 Å². The third kappa shape index (κ3) is 3.27. The zero-order valence-electron chi connectivity index (χ0n) is 12.3. The normalized spacial score (nSPS) is 10.6. The molecule has 0 fully saturated rings. The molecule has 2 aromatic carbocycles. The molecule has 0 aliphatic rings. The van der Waals surface area contributed by atoms with Crippen LogP contribution in [0.2, 0.25) is 0 Å². The molecule has 20 heavy (non-hydrogen) atoms. The van der Waals surface area contributed by atoms with Gasteiger partial charge in [0.25, 0.3) is 5.91 Å². The Morgan fingerprint density at radius 1 is 1.00 bits per heavy atom. The third-order valence-corrected chi connectivity index (χ3v) is 3.46. The molecule has 0 radical (unpaired) electrons. The second-order valence-electron chi connectivity index (χ2n) is 5.33. The number of aryl methyl sites for hydroxylation is 1. The quantitative estimate of drug-likeness (QED) is 0.818. The molecular weight excluding hydrogens is 246 g/mol. The van der Waals surface area contributed by atoms with Crippen LogP contribution in [0.5, 0.6) is 0 Å². The van der Waals surface area contributed by atoms with E-state index in [1.54, 1.807) is 0 Å². The van der Waals surface area contributed by atoms with Gasteiger partial charge in [-0.1, -0.05) is 48.5 Å². The van der Waals surface area contributed by atoms with Crippen molar-refractivity contribution < 1.29 is 4.79 Å². The molecule has 0 aromatic heterocycles. The van der Waals surface area contributed by atoms with Crippen molar-refractivity contribution in [3.8, 4) is 0 Å². The van der Waals surface area contributed by atoms with Crippen molar-refractivity contribution in [1.29, 1.82) is 0 Å². The van der Waals surface area contributed by atoms with Gasteiger partial charge in [-0.2, -0.15) is 0 Å². The average molecular weight is 267 g/mol. The Balaban J connectivity index is 2.25. The smallest absolute Gasteiger partial charge is 0.254 e. The average Bonchev–Trinajstić information content (AvgIpc) is 2.45. The molecule has 0 saturated heterocycles. The van der Waals surface area contributed by atoms with Crippen LogP contribution in [0.1, 0.15) is 35.3 Å². The number of hydrogen-bond acceptors (Lipinski definition) is 1. The standard InChI is InChI=1S/C18H21NO/c1-14(2)19(13-16-10-5-4-6-11-16)18(20)17-12-8-7-9-15(17)3/h4-12,14H,13H2,1-3H3. The van der Waals surface area contributed by atoms with E-state index < -0.39 is 0 Å². The van der Waals surface area contributed by atoms with Gasteiger partial charge in [-0.3, -0.25) is 4.79 Å². The van der Waals surface area contributed by atoms with Crippen LogP contribution in [0.4, 0.5) is 0 Å². The fourth-order valence-corrected chi connectivity index (χ4v) is 2.24. The highest BCUT2D eigenvalue weighted by molar-refractivity contribution is 5.95. The molecule has 2 nitrogen and oxygen atoms in total. The molecule has 0 heterocycles. The van der Waals surface area contributed by atoms with E-state index in [9.17, 15) is 4.79 Å². The van der Waals surface area contributed by atoms with E-state index in [0.29, 0.717) is 6.54 Å². The first-order valence-corrected chi connectivity index (χ1v) is 7.00. The number of benzene rings is 2. The Bertz CT molecular complexity index is 575. The van der Waals surface area contributed by atoms with Gasteiger partial charge in [-0.05, 0) is 38.0 Å². The van der Waals surface area contributed by atoms with E-state index in [-0.39, 0.29) is 11.9 Å². The first-order chi connectivity index (χ1) is 9.59. The Morgan fingerprint density at radius 3 is 2.20 bits per heavy atom. The minimum absolute atomic E-state index is 0.0990. The lowest BCUT2D eigenvalue weighted by Crippen LogP contribution is -2.36. The van der Waals surface area contributed by atoms with Gasteiger partial charge in [-0.25, -0.2) is 0 Å². The topological polar surface area (TPSA) is 20.3 Å². The summed E-state index contributed by atoms with van der Waals surface area (Å²) in [4.78, 5) is 14.7. The molecule has 104 valence electrons. The lowest BCUT2D eigenvalue weighted by molar-refractivity contribution is 0.0689. The van der Waals surface area contributed by atoms with E-state index >= 15 is 0 Å². The van der Waals surface area contributed by atoms with E-state index in [2.05, 4.69) is 26.0 Å². The van der Waals surface area contributed by atoms with Crippen molar-refractivity contribution in [3.05, 3.63) is 71.3 Å². The van der Waals surface area contributed by atoms with Gasteiger partial charge in [0.15, 0.2) is 0 Å². The lowest BCUT2D eigenvalue weighted by Gasteiger charge is -2.27. The molecule has 2 rings (SSSR count). The second-order valence-corrected chi connectivity index (χ2v) is 5.33. The summed E-state index contributed by atoms with van der Waals surface area (Å²) in [6.45, 7) is 6.73. The molecule has 0 unspecified atom stereocenters. The van der Waals surface area contributed by atoms with Crippen molar-refractivity contribution >= 4 is 5.91 Å². The molecule has 0 N–H and O–H groups in total. The van der Waals surface area contributed by atoms with Gasteiger partial charge in [0.1, 0.15) is 0 Å². The van der Waals surface area contributed by atoms with Crippen LogP contribution in [0.3, 0.4) is 0 Å². The molecule has 0 bridgehead atoms. The van der Waals surface area contributed by atoms with Crippen LogP contribution in [-0.2, 0) is 6.54 Å². The number of nitrogens with zero attached hydrogens (tertiary/aromatic N) is 1. The molecule has 1 amide bonds. The van der Waals surface area contributed by atoms with Crippen molar-refractivity contribution in [3.63, 3.8) is 0 Å². The highest BCUT2D eigenvalue weighted by Gasteiger charge is 2.20. The van der Waals surface area contributed by atoms with Crippen LogP contribution in [0, 0.1) is 6.92 Å². The Morgan fingerprint density at radius 2 is 1.60 bits per heavy atom. The van der Waals surface area contributed by atoms with Gasteiger partial charge >= 0.3 is 0 Å². The van der Waals surface area contributed by atoms with Gasteiger partial charge < -0.3 is 4.90 Å². The van der Waals surface area contributed by atoms with Crippen LogP contribution < -0.4 is 0 Å². The van der Waals surface area contributed by atoms with Crippen molar-refractivity contribution in [2.24, 2.45) is 0 Å². The first kappa shape index (κ1) is 14.3. The summed E-state index contributed by atoms with van der Waals surface area (Å²) in [5.41, 5.74) is 2.97. The number of carbonyl (C=O) groups excluding carboxylic acids is 1. The molecule has 0 atom stereocenters. The second kappa shape index (κ2) is 6.38. The zero-order chi connectivity index (χ0) is 14.5. The minimum atomic E-state index is 0.0990. The number of carbonyl (C=O) groups is 1. The highest BCUT2D eigenvalue weighted by Crippen LogP contribution is 2.16. The predicted octanol–water partition coefficient (Wildman–Crippen LogP) is 4.05. The Labute approximate surface area is 121 Å². The largest absolute Gasteiger partial charge is 0.332 e. The van der Waals surface area contributed by atoms with Crippen LogP contribution in [0.25, 0.3) is 0 Å². The number of amides is 1. The zero-order valence-corrected chi connectivity index (χ0v) is 12.3. The van der Waals surface area contributed by atoms with E-state index in [1.165, 1.54) is 0 Å². The van der Waals surface area contributed by atoms with E-state index in [1.807, 2.05) is 54.3 Å². The SMILES string of the molecule is Cc1ccccc1C(=O)N(Cc1ccccc1)C(C)C. The van der Waals surface area contributed by atoms with Crippen LogP contribution in [-0.4, -0.2) is 16.8 Å². The summed E-state index contributed by atoms with van der Waals surface area (Å²) in [6.07, 6.45) is 0. The van der Waals surface area contributed by atoms with Gasteiger partial charge in [0, 0.05) is 18.2 Å². The maximum absolute atomic E-state index is 12.7. The lowest BCUT2D eigenvalue weighted by atomic mass is 10.1. The summed E-state index contributed by atoms with van der Waals surface area (Å²) < 4.78 is 0. The summed E-state index contributed by atoms with van der Waals surface area (Å²) in [7, 11) is 0.